The molecule has 1 heterocycles. The Kier molecular flexibility index (Phi) is 4.38. The maximum absolute atomic E-state index is 4.61. The fourth-order valence-electron chi connectivity index (χ4n) is 3.22. The summed E-state index contributed by atoms with van der Waals surface area (Å²) in [4.78, 5) is 11.5. The summed E-state index contributed by atoms with van der Waals surface area (Å²) in [6.07, 6.45) is 8.38. The van der Waals surface area contributed by atoms with E-state index in [1.165, 1.54) is 41.1 Å². The second kappa shape index (κ2) is 6.24. The third-order valence-corrected chi connectivity index (χ3v) is 4.88. The summed E-state index contributed by atoms with van der Waals surface area (Å²) in [5.41, 5.74) is 1.05. The first-order chi connectivity index (χ1) is 9.79. The molecule has 0 spiro atoms. The summed E-state index contributed by atoms with van der Waals surface area (Å²) in [6, 6.07) is 7.05. The molecule has 1 aliphatic carbocycles. The monoisotopic (exact) mass is 381 g/mol. The molecule has 0 unspecified atom stereocenters. The van der Waals surface area contributed by atoms with Crippen molar-refractivity contribution in [3.05, 3.63) is 28.1 Å². The summed E-state index contributed by atoms with van der Waals surface area (Å²) in [5.74, 6) is 1.11. The van der Waals surface area contributed by atoms with Crippen LogP contribution in [0.4, 0.5) is 5.82 Å². The van der Waals surface area contributed by atoms with Gasteiger partial charge in [-0.2, -0.15) is 0 Å². The summed E-state index contributed by atoms with van der Waals surface area (Å²) in [7, 11) is 0. The molecule has 0 radical (unpaired) electrons. The van der Waals surface area contributed by atoms with Gasteiger partial charge in [-0.05, 0) is 60.6 Å². The van der Waals surface area contributed by atoms with E-state index in [9.17, 15) is 0 Å². The molecule has 20 heavy (non-hydrogen) atoms. The van der Waals surface area contributed by atoms with Crippen LogP contribution in [0.25, 0.3) is 10.9 Å². The minimum Gasteiger partial charge on any atom is -0.353 e. The van der Waals surface area contributed by atoms with Crippen molar-refractivity contribution in [3.63, 3.8) is 0 Å². The number of rotatable bonds is 3. The molecule has 1 aliphatic rings. The van der Waals surface area contributed by atoms with Crippen LogP contribution < -0.4 is 4.90 Å². The molecule has 0 bridgehead atoms. The smallest absolute Gasteiger partial charge is 0.140 e. The molecule has 4 heteroatoms. The van der Waals surface area contributed by atoms with E-state index in [4.69, 9.17) is 0 Å². The number of aromatic nitrogens is 2. The molecule has 0 saturated heterocycles. The minimum atomic E-state index is 0.643. The number of anilines is 1. The highest BCUT2D eigenvalue weighted by Crippen LogP contribution is 2.30. The van der Waals surface area contributed by atoms with E-state index < -0.39 is 0 Å². The van der Waals surface area contributed by atoms with Crippen molar-refractivity contribution in [2.45, 2.75) is 45.1 Å². The van der Waals surface area contributed by atoms with E-state index in [-0.39, 0.29) is 0 Å². The van der Waals surface area contributed by atoms with Crippen molar-refractivity contribution in [2.75, 3.05) is 11.4 Å². The first kappa shape index (κ1) is 14.0. The van der Waals surface area contributed by atoms with Gasteiger partial charge >= 0.3 is 0 Å². The maximum atomic E-state index is 4.61. The van der Waals surface area contributed by atoms with Gasteiger partial charge in [-0.3, -0.25) is 0 Å². The third-order valence-electron chi connectivity index (χ3n) is 4.20. The fraction of sp³-hybridized carbons (Fsp3) is 0.500. The van der Waals surface area contributed by atoms with Crippen LogP contribution in [0.2, 0.25) is 0 Å². The number of nitrogens with zero attached hydrogens (tertiary/aromatic N) is 3. The predicted molar refractivity (Wildman–Crippen MR) is 92.1 cm³/mol. The molecule has 3 rings (SSSR count). The Labute approximate surface area is 133 Å². The first-order valence-electron chi connectivity index (χ1n) is 7.46. The average Bonchev–Trinajstić information content (AvgIpc) is 2.49. The van der Waals surface area contributed by atoms with Crippen LogP contribution in [0.15, 0.2) is 24.5 Å². The van der Waals surface area contributed by atoms with Crippen molar-refractivity contribution in [3.8, 4) is 0 Å². The van der Waals surface area contributed by atoms with E-state index >= 15 is 0 Å². The lowest BCUT2D eigenvalue weighted by atomic mass is 9.94. The summed E-state index contributed by atoms with van der Waals surface area (Å²) >= 11 is 2.36. The molecule has 1 aromatic heterocycles. The summed E-state index contributed by atoms with van der Waals surface area (Å²) in [6.45, 7) is 3.25. The van der Waals surface area contributed by atoms with Crippen LogP contribution >= 0.6 is 22.6 Å². The molecule has 106 valence electrons. The number of halogens is 1. The Bertz CT molecular complexity index is 593. The van der Waals surface area contributed by atoms with Crippen LogP contribution in [0.1, 0.15) is 39.0 Å². The van der Waals surface area contributed by atoms with Crippen LogP contribution in [0.3, 0.4) is 0 Å². The quantitative estimate of drug-likeness (QED) is 0.739. The lowest BCUT2D eigenvalue weighted by Gasteiger charge is -2.35. The zero-order chi connectivity index (χ0) is 13.9. The van der Waals surface area contributed by atoms with E-state index in [2.05, 4.69) is 62.6 Å². The Morgan fingerprint density at radius 2 is 2.00 bits per heavy atom. The number of hydrogen-bond donors (Lipinski definition) is 0. The molecule has 1 fully saturated rings. The fourth-order valence-corrected chi connectivity index (χ4v) is 3.71. The van der Waals surface area contributed by atoms with Gasteiger partial charge in [0.2, 0.25) is 0 Å². The van der Waals surface area contributed by atoms with E-state index in [1.54, 1.807) is 6.33 Å². The van der Waals surface area contributed by atoms with Crippen molar-refractivity contribution < 1.29 is 0 Å². The normalized spacial score (nSPS) is 16.5. The highest BCUT2D eigenvalue weighted by atomic mass is 127. The summed E-state index contributed by atoms with van der Waals surface area (Å²) < 4.78 is 1.24. The molecule has 2 aromatic rings. The van der Waals surface area contributed by atoms with Gasteiger partial charge < -0.3 is 4.90 Å². The Morgan fingerprint density at radius 1 is 1.20 bits per heavy atom. The lowest BCUT2D eigenvalue weighted by molar-refractivity contribution is 0.417. The molecule has 0 amide bonds. The Morgan fingerprint density at radius 3 is 2.75 bits per heavy atom. The van der Waals surface area contributed by atoms with Gasteiger partial charge in [0.1, 0.15) is 12.1 Å². The van der Waals surface area contributed by atoms with Crippen molar-refractivity contribution in [1.82, 2.24) is 9.97 Å². The Balaban J connectivity index is 2.04. The first-order valence-corrected chi connectivity index (χ1v) is 8.54. The van der Waals surface area contributed by atoms with Crippen LogP contribution in [0.5, 0.6) is 0 Å². The minimum absolute atomic E-state index is 0.643. The molecule has 1 saturated carbocycles. The van der Waals surface area contributed by atoms with Crippen molar-refractivity contribution in [2.24, 2.45) is 0 Å². The van der Waals surface area contributed by atoms with Crippen LogP contribution in [-0.4, -0.2) is 22.6 Å². The zero-order valence-electron chi connectivity index (χ0n) is 11.8. The molecule has 1 aromatic carbocycles. The molecular formula is C16H20IN3. The van der Waals surface area contributed by atoms with E-state index in [0.29, 0.717) is 6.04 Å². The van der Waals surface area contributed by atoms with Gasteiger partial charge in [0.25, 0.3) is 0 Å². The molecule has 3 nitrogen and oxygen atoms in total. The van der Waals surface area contributed by atoms with E-state index in [1.807, 2.05) is 0 Å². The Hall–Kier alpha value is -0.910. The van der Waals surface area contributed by atoms with Gasteiger partial charge in [-0.1, -0.05) is 19.3 Å². The van der Waals surface area contributed by atoms with Gasteiger partial charge in [-0.25, -0.2) is 9.97 Å². The summed E-state index contributed by atoms with van der Waals surface area (Å²) in [5, 5.41) is 1.19. The maximum Gasteiger partial charge on any atom is 0.140 e. The molecule has 0 atom stereocenters. The molecule has 0 aliphatic heterocycles. The molecule has 0 N–H and O–H groups in total. The van der Waals surface area contributed by atoms with Crippen LogP contribution in [-0.2, 0) is 0 Å². The SMILES string of the molecule is CCN(c1ncnc2ccc(I)cc12)C1CCCCC1. The topological polar surface area (TPSA) is 29.0 Å². The van der Waals surface area contributed by atoms with Crippen LogP contribution in [0, 0.1) is 3.57 Å². The van der Waals surface area contributed by atoms with Gasteiger partial charge in [0, 0.05) is 21.5 Å². The number of hydrogen-bond acceptors (Lipinski definition) is 3. The van der Waals surface area contributed by atoms with Gasteiger partial charge in [-0.15, -0.1) is 0 Å². The number of benzene rings is 1. The van der Waals surface area contributed by atoms with E-state index in [0.717, 1.165) is 17.9 Å². The largest absolute Gasteiger partial charge is 0.353 e. The lowest BCUT2D eigenvalue weighted by Crippen LogP contribution is -2.37. The third kappa shape index (κ3) is 2.75. The second-order valence-corrected chi connectivity index (χ2v) is 6.68. The zero-order valence-corrected chi connectivity index (χ0v) is 14.0. The highest BCUT2D eigenvalue weighted by molar-refractivity contribution is 14.1. The molecular weight excluding hydrogens is 361 g/mol. The highest BCUT2D eigenvalue weighted by Gasteiger charge is 2.22. The van der Waals surface area contributed by atoms with Gasteiger partial charge in [0.15, 0.2) is 0 Å². The van der Waals surface area contributed by atoms with Crippen molar-refractivity contribution in [1.29, 1.82) is 0 Å². The average molecular weight is 381 g/mol. The number of fused-ring (bicyclic) bond motifs is 1. The van der Waals surface area contributed by atoms with Gasteiger partial charge in [0.05, 0.1) is 5.52 Å². The second-order valence-electron chi connectivity index (χ2n) is 5.44. The predicted octanol–water partition coefficient (Wildman–Crippen LogP) is 4.39. The standard InChI is InChI=1S/C16H20IN3/c1-2-20(13-6-4-3-5-7-13)16-14-10-12(17)8-9-15(14)18-11-19-16/h8-11,13H,2-7H2,1H3. The van der Waals surface area contributed by atoms with Crippen molar-refractivity contribution >= 4 is 39.3 Å².